The van der Waals surface area contributed by atoms with Crippen molar-refractivity contribution in [2.45, 2.75) is 6.92 Å². The van der Waals surface area contributed by atoms with Gasteiger partial charge in [0.2, 0.25) is 0 Å². The Balaban J connectivity index is 3.03. The molecule has 3 heteroatoms. The molecule has 0 bridgehead atoms. The van der Waals surface area contributed by atoms with E-state index >= 15 is 0 Å². The fourth-order valence-corrected chi connectivity index (χ4v) is 1.09. The summed E-state index contributed by atoms with van der Waals surface area (Å²) in [5.74, 6) is 3.51. The Kier molecular flexibility index (Phi) is 3.14. The lowest BCUT2D eigenvalue weighted by molar-refractivity contribution is -0.130. The van der Waals surface area contributed by atoms with E-state index in [0.717, 1.165) is 11.3 Å². The van der Waals surface area contributed by atoms with Crippen molar-refractivity contribution >= 4 is 11.7 Å². The number of aryl methyl sites for hydroxylation is 1. The molecule has 0 saturated carbocycles. The van der Waals surface area contributed by atoms with Gasteiger partial charge in [0.25, 0.3) is 0 Å². The van der Waals surface area contributed by atoms with Gasteiger partial charge >= 0.3 is 5.97 Å². The van der Waals surface area contributed by atoms with Gasteiger partial charge in [0.05, 0.1) is 0 Å². The van der Waals surface area contributed by atoms with E-state index in [1.54, 1.807) is 6.07 Å². The summed E-state index contributed by atoms with van der Waals surface area (Å²) in [7, 11) is 1.82. The second-order valence-corrected chi connectivity index (χ2v) is 2.83. The highest BCUT2D eigenvalue weighted by atomic mass is 16.4. The number of carbonyl (C=O) groups is 1. The van der Waals surface area contributed by atoms with E-state index in [2.05, 4.69) is 17.2 Å². The van der Waals surface area contributed by atoms with Crippen LogP contribution in [0, 0.1) is 18.8 Å². The molecule has 72 valence electrons. The third-order valence-electron chi connectivity index (χ3n) is 1.82. The van der Waals surface area contributed by atoms with E-state index in [9.17, 15) is 4.79 Å². The number of benzene rings is 1. The summed E-state index contributed by atoms with van der Waals surface area (Å²) in [6.07, 6.45) is 0. The molecular weight excluding hydrogens is 178 g/mol. The normalized spacial score (nSPS) is 8.71. The number of rotatable bonds is 1. The van der Waals surface area contributed by atoms with Crippen LogP contribution in [0.25, 0.3) is 0 Å². The van der Waals surface area contributed by atoms with Crippen LogP contribution in [0.3, 0.4) is 0 Å². The predicted molar refractivity (Wildman–Crippen MR) is 55.2 cm³/mol. The molecule has 0 heterocycles. The quantitative estimate of drug-likeness (QED) is 0.658. The average Bonchev–Trinajstić information content (AvgIpc) is 2.16. The number of anilines is 1. The van der Waals surface area contributed by atoms with E-state index in [4.69, 9.17) is 5.11 Å². The van der Waals surface area contributed by atoms with E-state index in [-0.39, 0.29) is 0 Å². The number of hydrogen-bond donors (Lipinski definition) is 2. The number of carboxylic acids is 1. The first-order valence-electron chi connectivity index (χ1n) is 4.17. The molecule has 0 aromatic heterocycles. The molecule has 0 aliphatic heterocycles. The van der Waals surface area contributed by atoms with Crippen molar-refractivity contribution in [3.63, 3.8) is 0 Å². The summed E-state index contributed by atoms with van der Waals surface area (Å²) in [5.41, 5.74) is 2.76. The Morgan fingerprint density at radius 2 is 2.21 bits per heavy atom. The lowest BCUT2D eigenvalue weighted by Gasteiger charge is -2.04. The molecular formula is C11H11NO2. The van der Waals surface area contributed by atoms with Crippen LogP contribution in [-0.4, -0.2) is 18.1 Å². The lowest BCUT2D eigenvalue weighted by Crippen LogP contribution is -1.92. The third kappa shape index (κ3) is 2.53. The van der Waals surface area contributed by atoms with E-state index in [1.165, 1.54) is 0 Å². The van der Waals surface area contributed by atoms with Gasteiger partial charge in [-0.3, -0.25) is 0 Å². The Labute approximate surface area is 82.8 Å². The molecule has 0 fully saturated rings. The summed E-state index contributed by atoms with van der Waals surface area (Å²) in [6.45, 7) is 1.97. The van der Waals surface area contributed by atoms with Crippen molar-refractivity contribution in [3.05, 3.63) is 29.3 Å². The summed E-state index contributed by atoms with van der Waals surface area (Å²) >= 11 is 0. The zero-order chi connectivity index (χ0) is 10.6. The van der Waals surface area contributed by atoms with Crippen LogP contribution >= 0.6 is 0 Å². The highest BCUT2D eigenvalue weighted by Crippen LogP contribution is 2.15. The molecule has 0 radical (unpaired) electrons. The van der Waals surface area contributed by atoms with Gasteiger partial charge in [0.1, 0.15) is 0 Å². The number of carboxylic acid groups (broad SMARTS) is 1. The van der Waals surface area contributed by atoms with Crippen molar-refractivity contribution in [2.24, 2.45) is 0 Å². The molecule has 0 saturated heterocycles. The number of aliphatic carboxylic acids is 1. The van der Waals surface area contributed by atoms with Gasteiger partial charge in [0, 0.05) is 24.2 Å². The van der Waals surface area contributed by atoms with Gasteiger partial charge in [-0.1, -0.05) is 12.0 Å². The molecule has 0 unspecified atom stereocenters. The highest BCUT2D eigenvalue weighted by Gasteiger charge is 1.96. The van der Waals surface area contributed by atoms with Crippen LogP contribution in [0.2, 0.25) is 0 Å². The van der Waals surface area contributed by atoms with Crippen molar-refractivity contribution in [1.29, 1.82) is 0 Å². The Morgan fingerprint density at radius 3 is 2.79 bits per heavy atom. The minimum Gasteiger partial charge on any atom is -0.472 e. The molecule has 0 amide bonds. The largest absolute Gasteiger partial charge is 0.472 e. The second kappa shape index (κ2) is 4.33. The van der Waals surface area contributed by atoms with Crippen LogP contribution in [-0.2, 0) is 4.79 Å². The summed E-state index contributed by atoms with van der Waals surface area (Å²) in [5, 5.41) is 11.4. The molecule has 0 aliphatic rings. The minimum atomic E-state index is -1.11. The molecule has 3 nitrogen and oxygen atoms in total. The summed E-state index contributed by atoms with van der Waals surface area (Å²) in [6, 6.07) is 5.52. The monoisotopic (exact) mass is 189 g/mol. The third-order valence-corrected chi connectivity index (χ3v) is 1.82. The lowest BCUT2D eigenvalue weighted by atomic mass is 10.1. The molecule has 0 atom stereocenters. The van der Waals surface area contributed by atoms with Crippen LogP contribution < -0.4 is 5.32 Å². The van der Waals surface area contributed by atoms with Crippen molar-refractivity contribution in [1.82, 2.24) is 0 Å². The highest BCUT2D eigenvalue weighted by molar-refractivity contribution is 5.87. The number of nitrogens with one attached hydrogen (secondary N) is 1. The standard InChI is InChI=1S/C11H11NO2/c1-8-3-4-9(5-6-11(13)14)7-10(8)12-2/h3-4,7,12H,1-2H3,(H,13,14). The first-order chi connectivity index (χ1) is 6.63. The van der Waals surface area contributed by atoms with Gasteiger partial charge in [-0.2, -0.15) is 0 Å². The topological polar surface area (TPSA) is 49.3 Å². The van der Waals surface area contributed by atoms with Crippen LogP contribution in [0.5, 0.6) is 0 Å². The van der Waals surface area contributed by atoms with Gasteiger partial charge < -0.3 is 10.4 Å². The maximum Gasteiger partial charge on any atom is 0.382 e. The van der Waals surface area contributed by atoms with Crippen LogP contribution in [0.4, 0.5) is 5.69 Å². The summed E-state index contributed by atoms with van der Waals surface area (Å²) in [4.78, 5) is 10.2. The van der Waals surface area contributed by atoms with Gasteiger partial charge in [-0.15, -0.1) is 0 Å². The van der Waals surface area contributed by atoms with Crippen molar-refractivity contribution in [3.8, 4) is 11.8 Å². The predicted octanol–water partition coefficient (Wildman–Crippen LogP) is 1.47. The molecule has 2 N–H and O–H groups in total. The SMILES string of the molecule is CNc1cc(C#CC(=O)O)ccc1C. The van der Waals surface area contributed by atoms with Gasteiger partial charge in [0.15, 0.2) is 0 Å². The molecule has 14 heavy (non-hydrogen) atoms. The first-order valence-corrected chi connectivity index (χ1v) is 4.17. The number of hydrogen-bond acceptors (Lipinski definition) is 2. The Morgan fingerprint density at radius 1 is 1.50 bits per heavy atom. The van der Waals surface area contributed by atoms with Crippen LogP contribution in [0.15, 0.2) is 18.2 Å². The molecule has 1 aromatic rings. The van der Waals surface area contributed by atoms with E-state index < -0.39 is 5.97 Å². The van der Waals surface area contributed by atoms with Gasteiger partial charge in [-0.25, -0.2) is 4.79 Å². The molecule has 1 aromatic carbocycles. The molecule has 0 spiro atoms. The van der Waals surface area contributed by atoms with E-state index in [0.29, 0.717) is 5.56 Å². The van der Waals surface area contributed by atoms with E-state index in [1.807, 2.05) is 26.1 Å². The Hall–Kier alpha value is -1.95. The van der Waals surface area contributed by atoms with Gasteiger partial charge in [-0.05, 0) is 24.6 Å². The molecule has 1 rings (SSSR count). The zero-order valence-electron chi connectivity index (χ0n) is 8.09. The fourth-order valence-electron chi connectivity index (χ4n) is 1.09. The zero-order valence-corrected chi connectivity index (χ0v) is 8.09. The minimum absolute atomic E-state index is 0.697. The first kappa shape index (κ1) is 10.1. The second-order valence-electron chi connectivity index (χ2n) is 2.83. The maximum absolute atomic E-state index is 10.2. The molecule has 0 aliphatic carbocycles. The van der Waals surface area contributed by atoms with Crippen molar-refractivity contribution in [2.75, 3.05) is 12.4 Å². The fraction of sp³-hybridized carbons (Fsp3) is 0.182. The van der Waals surface area contributed by atoms with Crippen molar-refractivity contribution < 1.29 is 9.90 Å². The summed E-state index contributed by atoms with van der Waals surface area (Å²) < 4.78 is 0. The Bertz CT molecular complexity index is 413. The van der Waals surface area contributed by atoms with Crippen LogP contribution in [0.1, 0.15) is 11.1 Å². The average molecular weight is 189 g/mol. The smallest absolute Gasteiger partial charge is 0.382 e. The maximum atomic E-state index is 10.2.